The highest BCUT2D eigenvalue weighted by Crippen LogP contribution is 2.30. The summed E-state index contributed by atoms with van der Waals surface area (Å²) in [6, 6.07) is 2.72. The number of rotatable bonds is 2. The van der Waals surface area contributed by atoms with E-state index < -0.39 is 5.38 Å². The molecule has 4 heteroatoms. The Kier molecular flexibility index (Phi) is 3.01. The lowest BCUT2D eigenvalue weighted by Crippen LogP contribution is -2.10. The zero-order valence-electron chi connectivity index (χ0n) is 7.91. The van der Waals surface area contributed by atoms with E-state index in [-0.39, 0.29) is 28.4 Å². The monoisotopic (exact) mass is 214 g/mol. The molecule has 1 atom stereocenters. The Labute approximate surface area is 86.9 Å². The number of benzene rings is 1. The number of hydrogen-bond donors (Lipinski definition) is 2. The molecule has 3 nitrogen and oxygen atoms in total. The molecule has 0 bridgehead atoms. The van der Waals surface area contributed by atoms with Gasteiger partial charge in [0.05, 0.1) is 10.9 Å². The van der Waals surface area contributed by atoms with Gasteiger partial charge in [0.15, 0.2) is 5.78 Å². The molecule has 0 amide bonds. The number of carbonyl (C=O) groups excluding carboxylic acids is 1. The van der Waals surface area contributed by atoms with E-state index in [4.69, 9.17) is 11.6 Å². The number of ketones is 1. The first-order valence-corrected chi connectivity index (χ1v) is 4.58. The lowest BCUT2D eigenvalue weighted by atomic mass is 10.0. The van der Waals surface area contributed by atoms with Gasteiger partial charge in [-0.15, -0.1) is 11.6 Å². The standard InChI is InChI=1S/C10H11ClO3/c1-5-8(12)4-3-7(9(5)13)10(14)6(2)11/h3-4,6,12-13H,1-2H3. The summed E-state index contributed by atoms with van der Waals surface area (Å²) in [4.78, 5) is 11.5. The molecule has 0 saturated heterocycles. The molecule has 14 heavy (non-hydrogen) atoms. The molecular weight excluding hydrogens is 204 g/mol. The maximum atomic E-state index is 11.5. The highest BCUT2D eigenvalue weighted by atomic mass is 35.5. The summed E-state index contributed by atoms with van der Waals surface area (Å²) in [7, 11) is 0. The van der Waals surface area contributed by atoms with Gasteiger partial charge < -0.3 is 10.2 Å². The predicted molar refractivity (Wildman–Crippen MR) is 54.2 cm³/mol. The van der Waals surface area contributed by atoms with Crippen molar-refractivity contribution in [2.75, 3.05) is 0 Å². The lowest BCUT2D eigenvalue weighted by Gasteiger charge is -2.08. The molecule has 0 fully saturated rings. The van der Waals surface area contributed by atoms with Crippen LogP contribution in [0.2, 0.25) is 0 Å². The topological polar surface area (TPSA) is 57.5 Å². The van der Waals surface area contributed by atoms with E-state index in [1.54, 1.807) is 0 Å². The first kappa shape index (κ1) is 10.9. The normalized spacial score (nSPS) is 12.5. The first-order valence-electron chi connectivity index (χ1n) is 4.15. The number of halogens is 1. The summed E-state index contributed by atoms with van der Waals surface area (Å²) in [5.74, 6) is -0.601. The Morgan fingerprint density at radius 3 is 2.50 bits per heavy atom. The van der Waals surface area contributed by atoms with Crippen LogP contribution in [0.15, 0.2) is 12.1 Å². The van der Waals surface area contributed by atoms with Crippen LogP contribution < -0.4 is 0 Å². The van der Waals surface area contributed by atoms with Gasteiger partial charge in [-0.1, -0.05) is 0 Å². The van der Waals surface area contributed by atoms with E-state index in [0.717, 1.165) is 0 Å². The van der Waals surface area contributed by atoms with Gasteiger partial charge in [0.25, 0.3) is 0 Å². The van der Waals surface area contributed by atoms with E-state index in [1.165, 1.54) is 26.0 Å². The van der Waals surface area contributed by atoms with E-state index in [9.17, 15) is 15.0 Å². The summed E-state index contributed by atoms with van der Waals surface area (Å²) in [5.41, 5.74) is 0.427. The second-order valence-electron chi connectivity index (χ2n) is 3.09. The molecule has 0 aliphatic carbocycles. The SMILES string of the molecule is Cc1c(O)ccc(C(=O)C(C)Cl)c1O. The first-order chi connectivity index (χ1) is 6.45. The molecule has 0 saturated carbocycles. The van der Waals surface area contributed by atoms with Crippen molar-refractivity contribution in [1.29, 1.82) is 0 Å². The number of phenolic OH excluding ortho intramolecular Hbond substituents is 2. The average molecular weight is 215 g/mol. The number of alkyl halides is 1. The van der Waals surface area contributed by atoms with Crippen LogP contribution in [0, 0.1) is 6.92 Å². The molecule has 1 aromatic rings. The Bertz CT molecular complexity index is 372. The van der Waals surface area contributed by atoms with Gasteiger partial charge in [-0.25, -0.2) is 0 Å². The van der Waals surface area contributed by atoms with Crippen LogP contribution in [-0.2, 0) is 0 Å². The van der Waals surface area contributed by atoms with Crippen molar-refractivity contribution in [1.82, 2.24) is 0 Å². The van der Waals surface area contributed by atoms with Crippen molar-refractivity contribution in [2.24, 2.45) is 0 Å². The molecule has 0 spiro atoms. The van der Waals surface area contributed by atoms with E-state index in [1.807, 2.05) is 0 Å². The highest BCUT2D eigenvalue weighted by molar-refractivity contribution is 6.34. The fraction of sp³-hybridized carbons (Fsp3) is 0.300. The molecule has 0 aromatic heterocycles. The molecule has 0 aliphatic rings. The predicted octanol–water partition coefficient (Wildman–Crippen LogP) is 2.22. The minimum absolute atomic E-state index is 0.0405. The van der Waals surface area contributed by atoms with Crippen molar-refractivity contribution in [3.8, 4) is 11.5 Å². The van der Waals surface area contributed by atoms with Crippen LogP contribution >= 0.6 is 11.6 Å². The van der Waals surface area contributed by atoms with Gasteiger partial charge in [-0.3, -0.25) is 4.79 Å². The smallest absolute Gasteiger partial charge is 0.184 e. The number of Topliss-reactive ketones (excluding diaryl/α,β-unsaturated/α-hetero) is 1. The fourth-order valence-corrected chi connectivity index (χ4v) is 1.22. The number of aromatic hydroxyl groups is 2. The Morgan fingerprint density at radius 1 is 1.43 bits per heavy atom. The minimum Gasteiger partial charge on any atom is -0.508 e. The molecule has 0 aliphatic heterocycles. The van der Waals surface area contributed by atoms with Crippen LogP contribution in [0.1, 0.15) is 22.8 Å². The molecule has 0 heterocycles. The third-order valence-electron chi connectivity index (χ3n) is 2.03. The van der Waals surface area contributed by atoms with Crippen LogP contribution in [0.4, 0.5) is 0 Å². The van der Waals surface area contributed by atoms with Crippen molar-refractivity contribution in [2.45, 2.75) is 19.2 Å². The van der Waals surface area contributed by atoms with Crippen LogP contribution in [0.5, 0.6) is 11.5 Å². The number of phenols is 2. The summed E-state index contributed by atoms with van der Waals surface area (Å²) in [6.07, 6.45) is 0. The molecule has 1 aromatic carbocycles. The summed E-state index contributed by atoms with van der Waals surface area (Å²) in [5, 5.41) is 18.1. The summed E-state index contributed by atoms with van der Waals surface area (Å²) in [6.45, 7) is 3.06. The van der Waals surface area contributed by atoms with E-state index in [2.05, 4.69) is 0 Å². The van der Waals surface area contributed by atoms with Gasteiger partial charge in [0.2, 0.25) is 0 Å². The lowest BCUT2D eigenvalue weighted by molar-refractivity contribution is 0.0989. The van der Waals surface area contributed by atoms with Crippen molar-refractivity contribution in [3.05, 3.63) is 23.3 Å². The minimum atomic E-state index is -0.690. The highest BCUT2D eigenvalue weighted by Gasteiger charge is 2.18. The molecule has 1 rings (SSSR count). The molecule has 2 N–H and O–H groups in total. The van der Waals surface area contributed by atoms with Gasteiger partial charge in [0, 0.05) is 5.56 Å². The molecule has 1 unspecified atom stereocenters. The maximum absolute atomic E-state index is 11.5. The molecule has 76 valence electrons. The number of hydrogen-bond acceptors (Lipinski definition) is 3. The largest absolute Gasteiger partial charge is 0.508 e. The van der Waals surface area contributed by atoms with E-state index >= 15 is 0 Å². The van der Waals surface area contributed by atoms with Crippen LogP contribution in [-0.4, -0.2) is 21.4 Å². The third kappa shape index (κ3) is 1.82. The van der Waals surface area contributed by atoms with Crippen LogP contribution in [0.3, 0.4) is 0 Å². The van der Waals surface area contributed by atoms with Gasteiger partial charge in [-0.2, -0.15) is 0 Å². The number of carbonyl (C=O) groups is 1. The molecule has 0 radical (unpaired) electrons. The van der Waals surface area contributed by atoms with Crippen LogP contribution in [0.25, 0.3) is 0 Å². The zero-order chi connectivity index (χ0) is 10.9. The summed E-state index contributed by atoms with van der Waals surface area (Å²) >= 11 is 5.60. The van der Waals surface area contributed by atoms with Crippen molar-refractivity contribution in [3.63, 3.8) is 0 Å². The van der Waals surface area contributed by atoms with Crippen molar-refractivity contribution >= 4 is 17.4 Å². The van der Waals surface area contributed by atoms with Gasteiger partial charge in [-0.05, 0) is 26.0 Å². The molecular formula is C10H11ClO3. The van der Waals surface area contributed by atoms with Gasteiger partial charge >= 0.3 is 0 Å². The zero-order valence-corrected chi connectivity index (χ0v) is 8.67. The second kappa shape index (κ2) is 3.88. The van der Waals surface area contributed by atoms with E-state index in [0.29, 0.717) is 0 Å². The fourth-order valence-electron chi connectivity index (χ4n) is 1.10. The maximum Gasteiger partial charge on any atom is 0.184 e. The third-order valence-corrected chi connectivity index (χ3v) is 2.23. The van der Waals surface area contributed by atoms with Gasteiger partial charge in [0.1, 0.15) is 11.5 Å². The Hall–Kier alpha value is -1.22. The quantitative estimate of drug-likeness (QED) is 0.586. The second-order valence-corrected chi connectivity index (χ2v) is 3.74. The average Bonchev–Trinajstić information content (AvgIpc) is 2.13. The summed E-state index contributed by atoms with van der Waals surface area (Å²) < 4.78 is 0. The Morgan fingerprint density at radius 2 is 2.00 bits per heavy atom. The Balaban J connectivity index is 3.24. The van der Waals surface area contributed by atoms with Crippen molar-refractivity contribution < 1.29 is 15.0 Å².